The third-order valence-corrected chi connectivity index (χ3v) is 6.74. The zero-order chi connectivity index (χ0) is 19.9. The number of benzene rings is 1. The summed E-state index contributed by atoms with van der Waals surface area (Å²) in [5.74, 6) is -0.152. The number of amides is 1. The van der Waals surface area contributed by atoms with Crippen molar-refractivity contribution in [1.82, 2.24) is 15.1 Å². The topological polar surface area (TPSA) is 84.4 Å². The number of rotatable bonds is 7. The minimum absolute atomic E-state index is 0.00351. The molecular formula is C19H24N4O3S2. The maximum Gasteiger partial charge on any atom is 0.316 e. The molecule has 0 unspecified atom stereocenters. The van der Waals surface area contributed by atoms with E-state index in [0.29, 0.717) is 9.47 Å². The predicted octanol–water partition coefficient (Wildman–Crippen LogP) is 2.96. The first-order valence-corrected chi connectivity index (χ1v) is 11.0. The van der Waals surface area contributed by atoms with E-state index < -0.39 is 0 Å². The Morgan fingerprint density at radius 3 is 2.75 bits per heavy atom. The molecule has 1 amide bonds. The van der Waals surface area contributed by atoms with Gasteiger partial charge >= 0.3 is 5.97 Å². The molecule has 0 spiro atoms. The largest absolute Gasteiger partial charge is 0.468 e. The van der Waals surface area contributed by atoms with Gasteiger partial charge in [-0.05, 0) is 44.0 Å². The van der Waals surface area contributed by atoms with Gasteiger partial charge in [0.15, 0.2) is 4.34 Å². The molecule has 0 saturated carbocycles. The first-order chi connectivity index (χ1) is 13.5. The standard InChI is InChI=1S/C19H24N4O3S2/c1-13-5-3-4-6-15(13)11-23-9-7-14(8-10-23)17(25)20-18-21-22-19(28-18)27-12-16(24)26-2/h3-6,14H,7-12H2,1-2H3,(H,20,21,25). The van der Waals surface area contributed by atoms with Crippen molar-refractivity contribution in [3.8, 4) is 0 Å². The average molecular weight is 421 g/mol. The molecule has 1 aromatic heterocycles. The molecule has 3 rings (SSSR count). The fourth-order valence-corrected chi connectivity index (χ4v) is 4.67. The number of anilines is 1. The van der Waals surface area contributed by atoms with Gasteiger partial charge in [0, 0.05) is 12.5 Å². The molecule has 7 nitrogen and oxygen atoms in total. The molecule has 1 aliphatic rings. The van der Waals surface area contributed by atoms with Gasteiger partial charge in [0.2, 0.25) is 11.0 Å². The number of carbonyl (C=O) groups is 2. The van der Waals surface area contributed by atoms with Crippen LogP contribution in [0.1, 0.15) is 24.0 Å². The second kappa shape index (κ2) is 9.99. The summed E-state index contributed by atoms with van der Waals surface area (Å²) in [6.45, 7) is 4.87. The Morgan fingerprint density at radius 1 is 1.29 bits per heavy atom. The molecule has 1 aliphatic heterocycles. The highest BCUT2D eigenvalue weighted by molar-refractivity contribution is 8.01. The van der Waals surface area contributed by atoms with Crippen molar-refractivity contribution in [2.45, 2.75) is 30.6 Å². The lowest BCUT2D eigenvalue weighted by Crippen LogP contribution is -2.37. The number of nitrogens with zero attached hydrogens (tertiary/aromatic N) is 3. The Bertz CT molecular complexity index is 819. The Morgan fingerprint density at radius 2 is 2.04 bits per heavy atom. The molecule has 1 fully saturated rings. The van der Waals surface area contributed by atoms with Crippen molar-refractivity contribution >= 4 is 40.1 Å². The van der Waals surface area contributed by atoms with Crippen LogP contribution in [-0.2, 0) is 20.9 Å². The Labute approximate surface area is 172 Å². The molecule has 0 atom stereocenters. The van der Waals surface area contributed by atoms with E-state index in [2.05, 4.69) is 56.3 Å². The van der Waals surface area contributed by atoms with E-state index >= 15 is 0 Å². The Hall–Kier alpha value is -1.97. The maximum absolute atomic E-state index is 12.5. The molecule has 150 valence electrons. The molecule has 9 heteroatoms. The number of aromatic nitrogens is 2. The first-order valence-electron chi connectivity index (χ1n) is 9.16. The van der Waals surface area contributed by atoms with Gasteiger partial charge in [-0.3, -0.25) is 14.5 Å². The van der Waals surface area contributed by atoms with Crippen molar-refractivity contribution < 1.29 is 14.3 Å². The van der Waals surface area contributed by atoms with Crippen molar-refractivity contribution in [2.24, 2.45) is 5.92 Å². The molecule has 2 heterocycles. The summed E-state index contributed by atoms with van der Waals surface area (Å²) in [7, 11) is 1.35. The lowest BCUT2D eigenvalue weighted by Gasteiger charge is -2.31. The highest BCUT2D eigenvalue weighted by Crippen LogP contribution is 2.27. The van der Waals surface area contributed by atoms with E-state index in [9.17, 15) is 9.59 Å². The number of hydrogen-bond donors (Lipinski definition) is 1. The van der Waals surface area contributed by atoms with Crippen LogP contribution in [0.2, 0.25) is 0 Å². The quantitative estimate of drug-likeness (QED) is 0.419. The summed E-state index contributed by atoms with van der Waals surface area (Å²) in [6, 6.07) is 8.43. The minimum atomic E-state index is -0.316. The van der Waals surface area contributed by atoms with E-state index in [1.807, 2.05) is 0 Å². The number of thioether (sulfide) groups is 1. The van der Waals surface area contributed by atoms with Crippen LogP contribution in [0.25, 0.3) is 0 Å². The van der Waals surface area contributed by atoms with Crippen molar-refractivity contribution in [3.05, 3.63) is 35.4 Å². The van der Waals surface area contributed by atoms with Crippen LogP contribution < -0.4 is 5.32 Å². The number of carbonyl (C=O) groups excluding carboxylic acids is 2. The van der Waals surface area contributed by atoms with Crippen molar-refractivity contribution in [2.75, 3.05) is 31.3 Å². The van der Waals surface area contributed by atoms with Crippen molar-refractivity contribution in [1.29, 1.82) is 0 Å². The van der Waals surface area contributed by atoms with Gasteiger partial charge < -0.3 is 10.1 Å². The smallest absolute Gasteiger partial charge is 0.316 e. The second-order valence-corrected chi connectivity index (χ2v) is 8.90. The fourth-order valence-electron chi connectivity index (χ4n) is 3.09. The summed E-state index contributed by atoms with van der Waals surface area (Å²) < 4.78 is 5.23. The van der Waals surface area contributed by atoms with E-state index in [1.165, 1.54) is 41.3 Å². The molecule has 0 bridgehead atoms. The maximum atomic E-state index is 12.5. The number of hydrogen-bond acceptors (Lipinski definition) is 8. The van der Waals surface area contributed by atoms with Gasteiger partial charge in [0.1, 0.15) is 0 Å². The van der Waals surface area contributed by atoms with E-state index in [4.69, 9.17) is 0 Å². The predicted molar refractivity (Wildman–Crippen MR) is 110 cm³/mol. The van der Waals surface area contributed by atoms with Gasteiger partial charge in [-0.25, -0.2) is 0 Å². The lowest BCUT2D eigenvalue weighted by molar-refractivity contribution is -0.137. The molecule has 1 aromatic carbocycles. The molecule has 0 radical (unpaired) electrons. The van der Waals surface area contributed by atoms with Crippen LogP contribution in [0.3, 0.4) is 0 Å². The number of aryl methyl sites for hydroxylation is 1. The zero-order valence-corrected chi connectivity index (χ0v) is 17.6. The number of piperidine rings is 1. The summed E-state index contributed by atoms with van der Waals surface area (Å²) in [4.78, 5) is 26.1. The Balaban J connectivity index is 1.44. The van der Waals surface area contributed by atoms with Crippen LogP contribution in [0.15, 0.2) is 28.6 Å². The summed E-state index contributed by atoms with van der Waals surface area (Å²) in [6.07, 6.45) is 1.67. The number of ether oxygens (including phenoxy) is 1. The highest BCUT2D eigenvalue weighted by atomic mass is 32.2. The normalized spacial score (nSPS) is 15.4. The number of nitrogens with one attached hydrogen (secondary N) is 1. The van der Waals surface area contributed by atoms with Crippen LogP contribution in [0.4, 0.5) is 5.13 Å². The monoisotopic (exact) mass is 420 g/mol. The number of likely N-dealkylation sites (tertiary alicyclic amines) is 1. The minimum Gasteiger partial charge on any atom is -0.468 e. The van der Waals surface area contributed by atoms with Gasteiger partial charge in [-0.1, -0.05) is 47.4 Å². The van der Waals surface area contributed by atoms with E-state index in [-0.39, 0.29) is 23.5 Å². The zero-order valence-electron chi connectivity index (χ0n) is 16.0. The lowest BCUT2D eigenvalue weighted by atomic mass is 9.95. The van der Waals surface area contributed by atoms with Gasteiger partial charge in [0.25, 0.3) is 0 Å². The van der Waals surface area contributed by atoms with E-state index in [1.54, 1.807) is 0 Å². The van der Waals surface area contributed by atoms with Crippen molar-refractivity contribution in [3.63, 3.8) is 0 Å². The first kappa shape index (κ1) is 20.8. The molecular weight excluding hydrogens is 396 g/mol. The van der Waals surface area contributed by atoms with Gasteiger partial charge in [0.05, 0.1) is 12.9 Å². The van der Waals surface area contributed by atoms with Crippen LogP contribution in [0.5, 0.6) is 0 Å². The fraction of sp³-hybridized carbons (Fsp3) is 0.474. The van der Waals surface area contributed by atoms with Gasteiger partial charge in [-0.2, -0.15) is 0 Å². The summed E-state index contributed by atoms with van der Waals surface area (Å²) >= 11 is 2.52. The molecule has 2 aromatic rings. The van der Waals surface area contributed by atoms with Gasteiger partial charge in [-0.15, -0.1) is 10.2 Å². The highest BCUT2D eigenvalue weighted by Gasteiger charge is 2.26. The van der Waals surface area contributed by atoms with Crippen LogP contribution in [-0.4, -0.2) is 52.9 Å². The third-order valence-electron chi connectivity index (χ3n) is 4.79. The SMILES string of the molecule is COC(=O)CSc1nnc(NC(=O)C2CCN(Cc3ccccc3C)CC2)s1. The second-order valence-electron chi connectivity index (χ2n) is 6.70. The van der Waals surface area contributed by atoms with Crippen LogP contribution in [0, 0.1) is 12.8 Å². The van der Waals surface area contributed by atoms with E-state index in [0.717, 1.165) is 32.5 Å². The number of methoxy groups -OCH3 is 1. The summed E-state index contributed by atoms with van der Waals surface area (Å²) in [5, 5.41) is 11.3. The Kier molecular flexibility index (Phi) is 7.41. The molecule has 28 heavy (non-hydrogen) atoms. The molecule has 1 saturated heterocycles. The average Bonchev–Trinajstić information content (AvgIpc) is 3.15. The number of esters is 1. The van der Waals surface area contributed by atoms with Crippen LogP contribution >= 0.6 is 23.1 Å². The third kappa shape index (κ3) is 5.76. The molecule has 0 aliphatic carbocycles. The summed E-state index contributed by atoms with van der Waals surface area (Å²) in [5.41, 5.74) is 2.65. The molecule has 1 N–H and O–H groups in total.